The number of nitrogens with one attached hydrogen (secondary N) is 1. The van der Waals surface area contributed by atoms with Crippen molar-refractivity contribution in [2.45, 2.75) is 25.7 Å². The van der Waals surface area contributed by atoms with Crippen LogP contribution in [0.1, 0.15) is 24.0 Å². The van der Waals surface area contributed by atoms with E-state index in [-0.39, 0.29) is 0 Å². The second kappa shape index (κ2) is 5.00. The Kier molecular flexibility index (Phi) is 3.12. The van der Waals surface area contributed by atoms with Crippen molar-refractivity contribution in [2.24, 2.45) is 0 Å². The van der Waals surface area contributed by atoms with Gasteiger partial charge in [0.1, 0.15) is 0 Å². The number of hydrogen-bond donors (Lipinski definition) is 1. The lowest BCUT2D eigenvalue weighted by atomic mass is 9.90. The molecule has 0 amide bonds. The molecule has 4 heteroatoms. The summed E-state index contributed by atoms with van der Waals surface area (Å²) in [6.45, 7) is 0. The molecule has 0 atom stereocenters. The van der Waals surface area contributed by atoms with Crippen LogP contribution < -0.4 is 0 Å². The maximum absolute atomic E-state index is 6.08. The molecule has 2 aromatic carbocycles. The molecule has 0 saturated carbocycles. The summed E-state index contributed by atoms with van der Waals surface area (Å²) < 4.78 is 2.87. The van der Waals surface area contributed by atoms with Crippen molar-refractivity contribution >= 4 is 34.9 Å². The number of halogens is 1. The fraction of sp³-hybridized carbons (Fsp3) is 0.235. The molecule has 1 aromatic heterocycles. The Morgan fingerprint density at radius 3 is 2.86 bits per heavy atom. The first-order valence-electron chi connectivity index (χ1n) is 7.25. The highest BCUT2D eigenvalue weighted by atomic mass is 35.5. The lowest BCUT2D eigenvalue weighted by molar-refractivity contribution is 0.681. The molecule has 0 spiro atoms. The van der Waals surface area contributed by atoms with Gasteiger partial charge in [0, 0.05) is 5.02 Å². The van der Waals surface area contributed by atoms with Crippen molar-refractivity contribution in [1.29, 1.82) is 0 Å². The third-order valence-electron chi connectivity index (χ3n) is 4.26. The van der Waals surface area contributed by atoms with E-state index in [1.165, 1.54) is 36.1 Å². The minimum absolute atomic E-state index is 0.723. The second-order valence-electron chi connectivity index (χ2n) is 5.55. The molecular formula is C17H15ClN2S. The molecule has 1 aliphatic carbocycles. The molecule has 0 fully saturated rings. The monoisotopic (exact) mass is 314 g/mol. The maximum Gasteiger partial charge on any atom is 0.182 e. The Morgan fingerprint density at radius 1 is 1.10 bits per heavy atom. The molecule has 0 unspecified atom stereocenters. The lowest BCUT2D eigenvalue weighted by Crippen LogP contribution is -2.08. The quantitative estimate of drug-likeness (QED) is 0.611. The number of aromatic amines is 1. The Morgan fingerprint density at radius 2 is 1.95 bits per heavy atom. The van der Waals surface area contributed by atoms with Crippen molar-refractivity contribution in [3.05, 3.63) is 57.3 Å². The van der Waals surface area contributed by atoms with Crippen molar-refractivity contribution in [3.63, 3.8) is 0 Å². The summed E-state index contributed by atoms with van der Waals surface area (Å²) in [5, 5.41) is 0.723. The number of imidazole rings is 1. The normalized spacial score (nSPS) is 14.3. The molecule has 0 radical (unpaired) electrons. The van der Waals surface area contributed by atoms with E-state index >= 15 is 0 Å². The number of H-pyrrole nitrogens is 1. The van der Waals surface area contributed by atoms with E-state index in [9.17, 15) is 0 Å². The van der Waals surface area contributed by atoms with Gasteiger partial charge in [0.2, 0.25) is 0 Å². The van der Waals surface area contributed by atoms with Crippen molar-refractivity contribution in [3.8, 4) is 5.69 Å². The first kappa shape index (κ1) is 13.1. The predicted octanol–water partition coefficient (Wildman–Crippen LogP) is 5.22. The summed E-state index contributed by atoms with van der Waals surface area (Å²) in [5.41, 5.74) is 6.19. The van der Waals surface area contributed by atoms with Gasteiger partial charge in [-0.05, 0) is 73.3 Å². The van der Waals surface area contributed by atoms with Crippen LogP contribution in [0, 0.1) is 4.77 Å². The number of hydrogen-bond acceptors (Lipinski definition) is 1. The highest BCUT2D eigenvalue weighted by molar-refractivity contribution is 7.71. The summed E-state index contributed by atoms with van der Waals surface area (Å²) in [6, 6.07) is 12.4. The minimum atomic E-state index is 0.723. The largest absolute Gasteiger partial charge is 0.330 e. The van der Waals surface area contributed by atoms with Crippen LogP contribution in [0.25, 0.3) is 16.7 Å². The lowest BCUT2D eigenvalue weighted by Gasteiger charge is -2.20. The smallest absolute Gasteiger partial charge is 0.182 e. The van der Waals surface area contributed by atoms with Gasteiger partial charge in [0.05, 0.1) is 16.7 Å². The maximum atomic E-state index is 6.08. The zero-order valence-electron chi connectivity index (χ0n) is 11.5. The SMILES string of the molecule is S=c1[nH]c2cc(Cl)ccc2n1-c1cccc2c1CCCC2. The van der Waals surface area contributed by atoms with Crippen molar-refractivity contribution in [2.75, 3.05) is 0 Å². The van der Waals surface area contributed by atoms with E-state index in [0.717, 1.165) is 27.2 Å². The van der Waals surface area contributed by atoms with Gasteiger partial charge in [0.15, 0.2) is 4.77 Å². The number of fused-ring (bicyclic) bond motifs is 2. The third-order valence-corrected chi connectivity index (χ3v) is 4.78. The van der Waals surface area contributed by atoms with Gasteiger partial charge in [-0.25, -0.2) is 0 Å². The van der Waals surface area contributed by atoms with Crippen LogP contribution in [0.5, 0.6) is 0 Å². The van der Waals surface area contributed by atoms with Gasteiger partial charge in [-0.2, -0.15) is 0 Å². The number of benzene rings is 2. The molecule has 4 rings (SSSR count). The van der Waals surface area contributed by atoms with Crippen LogP contribution in [0.3, 0.4) is 0 Å². The van der Waals surface area contributed by atoms with Crippen LogP contribution in [0.2, 0.25) is 5.02 Å². The number of aromatic nitrogens is 2. The van der Waals surface area contributed by atoms with Gasteiger partial charge in [-0.1, -0.05) is 23.7 Å². The van der Waals surface area contributed by atoms with E-state index in [4.69, 9.17) is 23.8 Å². The highest BCUT2D eigenvalue weighted by Crippen LogP contribution is 2.30. The zero-order valence-corrected chi connectivity index (χ0v) is 13.1. The van der Waals surface area contributed by atoms with Gasteiger partial charge in [-0.15, -0.1) is 0 Å². The molecule has 3 aromatic rings. The summed E-state index contributed by atoms with van der Waals surface area (Å²) in [7, 11) is 0. The van der Waals surface area contributed by atoms with Crippen LogP contribution in [0.4, 0.5) is 0 Å². The molecular weight excluding hydrogens is 300 g/mol. The van der Waals surface area contributed by atoms with E-state index in [1.807, 2.05) is 18.2 Å². The fourth-order valence-electron chi connectivity index (χ4n) is 3.29. The zero-order chi connectivity index (χ0) is 14.4. The van der Waals surface area contributed by atoms with E-state index in [2.05, 4.69) is 27.8 Å². The summed E-state index contributed by atoms with van der Waals surface area (Å²) in [5.74, 6) is 0. The Hall–Kier alpha value is -1.58. The Bertz CT molecular complexity index is 891. The number of aryl methyl sites for hydroxylation is 1. The number of nitrogens with zero attached hydrogens (tertiary/aromatic N) is 1. The van der Waals surface area contributed by atoms with Crippen LogP contribution in [-0.4, -0.2) is 9.55 Å². The average Bonchev–Trinajstić information content (AvgIpc) is 2.81. The summed E-state index contributed by atoms with van der Waals surface area (Å²) in [4.78, 5) is 3.27. The molecule has 1 aliphatic rings. The first-order chi connectivity index (χ1) is 10.2. The Labute approximate surface area is 133 Å². The van der Waals surface area contributed by atoms with Gasteiger partial charge in [-0.3, -0.25) is 4.57 Å². The minimum Gasteiger partial charge on any atom is -0.330 e. The molecule has 106 valence electrons. The molecule has 1 heterocycles. The van der Waals surface area contributed by atoms with Crippen LogP contribution in [0.15, 0.2) is 36.4 Å². The first-order valence-corrected chi connectivity index (χ1v) is 8.04. The van der Waals surface area contributed by atoms with E-state index in [0.29, 0.717) is 0 Å². The number of rotatable bonds is 1. The summed E-state index contributed by atoms with van der Waals surface area (Å²) in [6.07, 6.45) is 4.84. The van der Waals surface area contributed by atoms with E-state index in [1.54, 1.807) is 0 Å². The topological polar surface area (TPSA) is 20.7 Å². The molecule has 21 heavy (non-hydrogen) atoms. The Balaban J connectivity index is 2.03. The van der Waals surface area contributed by atoms with Gasteiger partial charge in [0.25, 0.3) is 0 Å². The average molecular weight is 315 g/mol. The van der Waals surface area contributed by atoms with Crippen LogP contribution in [-0.2, 0) is 12.8 Å². The van der Waals surface area contributed by atoms with Crippen LogP contribution >= 0.6 is 23.8 Å². The molecule has 2 nitrogen and oxygen atoms in total. The van der Waals surface area contributed by atoms with Gasteiger partial charge >= 0.3 is 0 Å². The fourth-order valence-corrected chi connectivity index (χ4v) is 3.77. The third kappa shape index (κ3) is 2.12. The van der Waals surface area contributed by atoms with Crippen molar-refractivity contribution < 1.29 is 0 Å². The molecule has 1 N–H and O–H groups in total. The highest BCUT2D eigenvalue weighted by Gasteiger charge is 2.16. The van der Waals surface area contributed by atoms with E-state index < -0.39 is 0 Å². The second-order valence-corrected chi connectivity index (χ2v) is 6.37. The standard InChI is InChI=1S/C17H15ClN2S/c18-12-8-9-16-14(10-12)19-17(21)20(16)15-7-3-5-11-4-1-2-6-13(11)15/h3,5,7-10H,1-2,4,6H2,(H,19,21). The predicted molar refractivity (Wildman–Crippen MR) is 90.1 cm³/mol. The summed E-state index contributed by atoms with van der Waals surface area (Å²) >= 11 is 11.6. The molecule has 0 bridgehead atoms. The molecule has 0 saturated heterocycles. The van der Waals surface area contributed by atoms with Gasteiger partial charge < -0.3 is 4.98 Å². The van der Waals surface area contributed by atoms with Crippen molar-refractivity contribution in [1.82, 2.24) is 9.55 Å². The molecule has 0 aliphatic heterocycles.